The second-order valence-corrected chi connectivity index (χ2v) is 16.8. The maximum Gasteiger partial charge on any atom is 0.407 e. The van der Waals surface area contributed by atoms with Crippen LogP contribution in [0.2, 0.25) is 0 Å². The number of esters is 2. The first-order valence-electron chi connectivity index (χ1n) is 25.0. The van der Waals surface area contributed by atoms with E-state index in [4.69, 9.17) is 23.7 Å². The molecule has 0 aromatic heterocycles. The average molecular weight is 855 g/mol. The van der Waals surface area contributed by atoms with E-state index in [0.717, 1.165) is 38.5 Å². The molecule has 1 unspecified atom stereocenters. The number of alkyl carbamates (subject to hydrolysis) is 1. The molecule has 0 fully saturated rings. The van der Waals surface area contributed by atoms with Crippen LogP contribution in [0.25, 0.3) is 0 Å². The molecule has 0 rings (SSSR count). The topological polar surface area (TPSA) is 138 Å². The van der Waals surface area contributed by atoms with E-state index in [2.05, 4.69) is 24.5 Å². The van der Waals surface area contributed by atoms with Crippen molar-refractivity contribution in [3.63, 3.8) is 0 Å². The zero-order valence-corrected chi connectivity index (χ0v) is 39.2. The zero-order valence-electron chi connectivity index (χ0n) is 39.2. The van der Waals surface area contributed by atoms with Crippen molar-refractivity contribution >= 4 is 23.9 Å². The zero-order chi connectivity index (χ0) is 43.8. The molecule has 0 heterocycles. The van der Waals surface area contributed by atoms with Gasteiger partial charge in [0, 0.05) is 20.1 Å². The van der Waals surface area contributed by atoms with E-state index in [9.17, 15) is 19.2 Å². The first-order chi connectivity index (χ1) is 29.4. The van der Waals surface area contributed by atoms with Crippen molar-refractivity contribution in [1.82, 2.24) is 10.6 Å². The van der Waals surface area contributed by atoms with E-state index >= 15 is 0 Å². The minimum atomic E-state index is -0.699. The summed E-state index contributed by atoms with van der Waals surface area (Å²) in [5, 5.41) is 5.69. The fourth-order valence-electron chi connectivity index (χ4n) is 7.18. The van der Waals surface area contributed by atoms with Gasteiger partial charge in [0.2, 0.25) is 5.91 Å². The molecule has 0 aromatic carbocycles. The van der Waals surface area contributed by atoms with Gasteiger partial charge in [-0.25, -0.2) is 4.79 Å². The van der Waals surface area contributed by atoms with Gasteiger partial charge in [0.15, 0.2) is 0 Å². The summed E-state index contributed by atoms with van der Waals surface area (Å²) in [6.07, 6.45) is 39.0. The van der Waals surface area contributed by atoms with Crippen LogP contribution in [0.4, 0.5) is 4.79 Å². The molecule has 0 aromatic rings. The third-order valence-corrected chi connectivity index (χ3v) is 11.0. The summed E-state index contributed by atoms with van der Waals surface area (Å²) >= 11 is 0. The second kappa shape index (κ2) is 47.6. The molecule has 0 aliphatic carbocycles. The fraction of sp³-hybridized carbons (Fsp3) is 0.918. The quantitative estimate of drug-likeness (QED) is 0.0348. The predicted octanol–water partition coefficient (Wildman–Crippen LogP) is 12.2. The molecule has 2 amide bonds. The lowest BCUT2D eigenvalue weighted by Gasteiger charge is -2.19. The van der Waals surface area contributed by atoms with Crippen LogP contribution in [0.5, 0.6) is 0 Å². The second-order valence-electron chi connectivity index (χ2n) is 16.8. The molecule has 0 spiro atoms. The molecule has 11 nitrogen and oxygen atoms in total. The SMILES string of the molecule is CCCCCCCCCCCCCCCCCCNC(=O)OCC(COC(=O)CCC(=O)OCCOCCOC)NC(=O)CCCCCCCCCCCCCCCCC. The summed E-state index contributed by atoms with van der Waals surface area (Å²) in [6, 6.07) is -0.699. The Kier molecular flexibility index (Phi) is 45.7. The lowest BCUT2D eigenvalue weighted by molar-refractivity contribution is -0.151. The molecule has 354 valence electrons. The number of nitrogens with one attached hydrogen (secondary N) is 2. The van der Waals surface area contributed by atoms with Crippen LogP contribution in [0.1, 0.15) is 232 Å². The van der Waals surface area contributed by atoms with Gasteiger partial charge >= 0.3 is 18.0 Å². The monoisotopic (exact) mass is 855 g/mol. The Bertz CT molecular complexity index is 967. The molecule has 2 N–H and O–H groups in total. The Balaban J connectivity index is 4.32. The lowest BCUT2D eigenvalue weighted by atomic mass is 10.0. The Morgan fingerprint density at radius 1 is 0.417 bits per heavy atom. The molecule has 0 saturated heterocycles. The first kappa shape index (κ1) is 57.6. The smallest absolute Gasteiger partial charge is 0.407 e. The third-order valence-electron chi connectivity index (χ3n) is 11.0. The van der Waals surface area contributed by atoms with Crippen molar-refractivity contribution in [3.05, 3.63) is 0 Å². The van der Waals surface area contributed by atoms with Gasteiger partial charge in [-0.1, -0.05) is 200 Å². The molecular weight excluding hydrogens is 761 g/mol. The van der Waals surface area contributed by atoms with Crippen LogP contribution < -0.4 is 10.6 Å². The molecular formula is C49H94N2O9. The van der Waals surface area contributed by atoms with E-state index < -0.39 is 24.1 Å². The number of amides is 2. The van der Waals surface area contributed by atoms with Crippen LogP contribution in [-0.4, -0.2) is 83.3 Å². The number of ether oxygens (including phenoxy) is 5. The molecule has 60 heavy (non-hydrogen) atoms. The largest absolute Gasteiger partial charge is 0.463 e. The lowest BCUT2D eigenvalue weighted by Crippen LogP contribution is -2.43. The molecule has 0 radical (unpaired) electrons. The highest BCUT2D eigenvalue weighted by atomic mass is 16.6. The minimum Gasteiger partial charge on any atom is -0.463 e. The summed E-state index contributed by atoms with van der Waals surface area (Å²) in [6.45, 7) is 5.95. The number of carbonyl (C=O) groups excluding carboxylic acids is 4. The van der Waals surface area contributed by atoms with E-state index in [-0.39, 0.29) is 45.2 Å². The number of rotatable bonds is 47. The summed E-state index contributed by atoms with van der Waals surface area (Å²) in [4.78, 5) is 49.8. The van der Waals surface area contributed by atoms with Gasteiger partial charge < -0.3 is 34.3 Å². The van der Waals surface area contributed by atoms with Crippen molar-refractivity contribution in [2.75, 3.05) is 53.3 Å². The molecule has 1 atom stereocenters. The third kappa shape index (κ3) is 45.1. The number of carbonyl (C=O) groups is 4. The van der Waals surface area contributed by atoms with E-state index in [1.165, 1.54) is 161 Å². The van der Waals surface area contributed by atoms with Crippen LogP contribution >= 0.6 is 0 Å². The first-order valence-corrected chi connectivity index (χ1v) is 25.0. The molecule has 0 bridgehead atoms. The van der Waals surface area contributed by atoms with Crippen LogP contribution in [0, 0.1) is 0 Å². The van der Waals surface area contributed by atoms with Gasteiger partial charge in [-0.05, 0) is 12.8 Å². The highest BCUT2D eigenvalue weighted by Gasteiger charge is 2.18. The summed E-state index contributed by atoms with van der Waals surface area (Å²) < 4.78 is 26.0. The highest BCUT2D eigenvalue weighted by Crippen LogP contribution is 2.15. The molecule has 0 aliphatic rings. The van der Waals surface area contributed by atoms with Crippen molar-refractivity contribution in [2.45, 2.75) is 238 Å². The Morgan fingerprint density at radius 3 is 1.25 bits per heavy atom. The van der Waals surface area contributed by atoms with Gasteiger partial charge in [-0.2, -0.15) is 0 Å². The van der Waals surface area contributed by atoms with Gasteiger partial charge in [0.05, 0.1) is 38.7 Å². The predicted molar refractivity (Wildman–Crippen MR) is 244 cm³/mol. The summed E-state index contributed by atoms with van der Waals surface area (Å²) in [5.41, 5.74) is 0. The van der Waals surface area contributed by atoms with Crippen LogP contribution in [0.15, 0.2) is 0 Å². The summed E-state index contributed by atoms with van der Waals surface area (Å²) in [5.74, 6) is -1.29. The fourth-order valence-corrected chi connectivity index (χ4v) is 7.18. The average Bonchev–Trinajstić information content (AvgIpc) is 3.24. The number of unbranched alkanes of at least 4 members (excludes halogenated alkanes) is 29. The van der Waals surface area contributed by atoms with Crippen molar-refractivity contribution in [1.29, 1.82) is 0 Å². The van der Waals surface area contributed by atoms with Gasteiger partial charge in [0.1, 0.15) is 19.8 Å². The molecule has 11 heteroatoms. The highest BCUT2D eigenvalue weighted by molar-refractivity contribution is 5.78. The number of methoxy groups -OCH3 is 1. The van der Waals surface area contributed by atoms with Crippen molar-refractivity contribution in [2.24, 2.45) is 0 Å². The Hall–Kier alpha value is -2.40. The number of hydrogen-bond donors (Lipinski definition) is 2. The molecule has 0 aliphatic heterocycles. The molecule has 0 saturated carbocycles. The normalized spacial score (nSPS) is 11.7. The van der Waals surface area contributed by atoms with Gasteiger partial charge in [-0.15, -0.1) is 0 Å². The van der Waals surface area contributed by atoms with E-state index in [1.54, 1.807) is 7.11 Å². The number of hydrogen-bond acceptors (Lipinski definition) is 9. The van der Waals surface area contributed by atoms with E-state index in [1.807, 2.05) is 0 Å². The standard InChI is InChI=1S/C49H94N2O9/c1-4-6-8-10-12-14-16-18-20-22-24-26-28-30-32-34-38-50-49(55)60-44-45(43-59-48(54)37-36-47(53)58-42-41-57-40-39-56-3)51-46(52)35-33-31-29-27-25-23-21-19-17-15-13-11-9-7-5-2/h45H,4-44H2,1-3H3,(H,50,55)(H,51,52). The van der Waals surface area contributed by atoms with Crippen molar-refractivity contribution < 1.29 is 42.9 Å². The summed E-state index contributed by atoms with van der Waals surface area (Å²) in [7, 11) is 1.58. The Morgan fingerprint density at radius 2 is 0.800 bits per heavy atom. The van der Waals surface area contributed by atoms with E-state index in [0.29, 0.717) is 26.2 Å². The maximum absolute atomic E-state index is 12.8. The van der Waals surface area contributed by atoms with Crippen LogP contribution in [0.3, 0.4) is 0 Å². The maximum atomic E-state index is 12.8. The van der Waals surface area contributed by atoms with Gasteiger partial charge in [0.25, 0.3) is 0 Å². The van der Waals surface area contributed by atoms with Gasteiger partial charge in [-0.3, -0.25) is 14.4 Å². The van der Waals surface area contributed by atoms with Crippen molar-refractivity contribution in [3.8, 4) is 0 Å². The van der Waals surface area contributed by atoms with Crippen LogP contribution in [-0.2, 0) is 38.1 Å². The minimum absolute atomic E-state index is 0.0872. The Labute approximate surface area is 368 Å².